The molecule has 0 aromatic carbocycles. The van der Waals surface area contributed by atoms with E-state index in [0.29, 0.717) is 43.0 Å². The fourth-order valence-corrected chi connectivity index (χ4v) is 4.35. The minimum absolute atomic E-state index is 0.0205. The molecule has 1 fully saturated rings. The zero-order valence-electron chi connectivity index (χ0n) is 17.4. The molecule has 7 nitrogen and oxygen atoms in total. The van der Waals surface area contributed by atoms with Gasteiger partial charge in [-0.1, -0.05) is 13.8 Å². The highest BCUT2D eigenvalue weighted by Crippen LogP contribution is 2.42. The monoisotopic (exact) mass is 424 g/mol. The minimum atomic E-state index is -4.34. The Morgan fingerprint density at radius 1 is 1.27 bits per heavy atom. The van der Waals surface area contributed by atoms with E-state index in [1.807, 2.05) is 13.8 Å². The normalized spacial score (nSPS) is 22.8. The summed E-state index contributed by atoms with van der Waals surface area (Å²) in [5.74, 6) is 0.494. The first kappa shape index (κ1) is 20.7. The number of halogens is 3. The number of nitrogens with one attached hydrogen (secondary N) is 1. The smallest absolute Gasteiger partial charge is 0.367 e. The summed E-state index contributed by atoms with van der Waals surface area (Å²) in [6.45, 7) is 4.94. The number of hydrogen-bond acceptors (Lipinski definition) is 4. The van der Waals surface area contributed by atoms with Crippen molar-refractivity contribution in [3.63, 3.8) is 0 Å². The molecule has 2 atom stereocenters. The van der Waals surface area contributed by atoms with Crippen LogP contribution in [0.2, 0.25) is 0 Å². The number of piperidine rings is 1. The Morgan fingerprint density at radius 2 is 1.97 bits per heavy atom. The van der Waals surface area contributed by atoms with Crippen molar-refractivity contribution in [2.24, 2.45) is 13.0 Å². The number of amides is 1. The molecule has 1 saturated heterocycles. The van der Waals surface area contributed by atoms with Gasteiger partial charge in [-0.05, 0) is 25.2 Å². The van der Waals surface area contributed by atoms with Gasteiger partial charge in [-0.3, -0.25) is 9.48 Å². The van der Waals surface area contributed by atoms with Crippen molar-refractivity contribution < 1.29 is 18.0 Å². The van der Waals surface area contributed by atoms with E-state index in [-0.39, 0.29) is 30.2 Å². The molecule has 0 radical (unpaired) electrons. The SMILES string of the molecule is CC(C)[C@@H]1C[C@H](C(F)(F)F)n2nc(C3CCN(C(=O)c4cnn(C)c4)CC3)cc2N1. The Balaban J connectivity index is 1.48. The number of aromatic nitrogens is 4. The first-order valence-corrected chi connectivity index (χ1v) is 10.3. The number of rotatable bonds is 3. The Hall–Kier alpha value is -2.52. The average Bonchev–Trinajstić information content (AvgIpc) is 3.32. The summed E-state index contributed by atoms with van der Waals surface area (Å²) in [6.07, 6.45) is 0.220. The molecule has 0 spiro atoms. The number of carbonyl (C=O) groups is 1. The molecule has 164 valence electrons. The maximum atomic E-state index is 13.7. The summed E-state index contributed by atoms with van der Waals surface area (Å²) in [5.41, 5.74) is 1.22. The highest BCUT2D eigenvalue weighted by molar-refractivity contribution is 5.93. The van der Waals surface area contributed by atoms with Crippen LogP contribution in [0, 0.1) is 5.92 Å². The van der Waals surface area contributed by atoms with E-state index in [2.05, 4.69) is 15.5 Å². The summed E-state index contributed by atoms with van der Waals surface area (Å²) in [6, 6.07) is -0.0916. The van der Waals surface area contributed by atoms with E-state index in [0.717, 1.165) is 4.68 Å². The molecule has 0 unspecified atom stereocenters. The molecule has 1 N–H and O–H groups in total. The van der Waals surface area contributed by atoms with Gasteiger partial charge in [0, 0.05) is 44.4 Å². The first-order chi connectivity index (χ1) is 14.1. The van der Waals surface area contributed by atoms with Crippen LogP contribution in [0.25, 0.3) is 0 Å². The van der Waals surface area contributed by atoms with Crippen molar-refractivity contribution >= 4 is 11.7 Å². The Bertz CT molecular complexity index is 910. The highest BCUT2D eigenvalue weighted by Gasteiger charge is 2.47. The van der Waals surface area contributed by atoms with Crippen molar-refractivity contribution in [1.82, 2.24) is 24.5 Å². The first-order valence-electron chi connectivity index (χ1n) is 10.3. The summed E-state index contributed by atoms with van der Waals surface area (Å²) in [4.78, 5) is 14.4. The van der Waals surface area contributed by atoms with E-state index < -0.39 is 12.2 Å². The molecule has 2 aliphatic rings. The van der Waals surface area contributed by atoms with E-state index >= 15 is 0 Å². The predicted molar refractivity (Wildman–Crippen MR) is 105 cm³/mol. The zero-order chi connectivity index (χ0) is 21.6. The minimum Gasteiger partial charge on any atom is -0.367 e. The topological polar surface area (TPSA) is 68.0 Å². The van der Waals surface area contributed by atoms with Gasteiger partial charge in [0.05, 0.1) is 17.5 Å². The molecule has 10 heteroatoms. The molecule has 2 aromatic rings. The molecule has 0 aliphatic carbocycles. The van der Waals surface area contributed by atoms with Crippen molar-refractivity contribution in [3.05, 3.63) is 29.7 Å². The highest BCUT2D eigenvalue weighted by atomic mass is 19.4. The number of anilines is 1. The van der Waals surface area contributed by atoms with Crippen LogP contribution in [0.4, 0.5) is 19.0 Å². The third-order valence-electron chi connectivity index (χ3n) is 6.20. The lowest BCUT2D eigenvalue weighted by Gasteiger charge is -2.35. The van der Waals surface area contributed by atoms with Gasteiger partial charge in [0.2, 0.25) is 0 Å². The molecule has 4 heterocycles. The van der Waals surface area contributed by atoms with Gasteiger partial charge in [-0.15, -0.1) is 0 Å². The van der Waals surface area contributed by atoms with Gasteiger partial charge in [-0.25, -0.2) is 4.68 Å². The number of alkyl halides is 3. The fraction of sp³-hybridized carbons (Fsp3) is 0.650. The zero-order valence-corrected chi connectivity index (χ0v) is 17.4. The van der Waals surface area contributed by atoms with Gasteiger partial charge in [-0.2, -0.15) is 23.4 Å². The number of likely N-dealkylation sites (tertiary alicyclic amines) is 1. The van der Waals surface area contributed by atoms with Crippen molar-refractivity contribution in [2.45, 2.75) is 57.3 Å². The second kappa shape index (κ2) is 7.63. The van der Waals surface area contributed by atoms with Crippen molar-refractivity contribution in [2.75, 3.05) is 18.4 Å². The number of nitrogens with zero attached hydrogens (tertiary/aromatic N) is 5. The van der Waals surface area contributed by atoms with Gasteiger partial charge < -0.3 is 10.2 Å². The Kier molecular flexibility index (Phi) is 5.27. The molecule has 2 aromatic heterocycles. The van der Waals surface area contributed by atoms with E-state index in [9.17, 15) is 18.0 Å². The summed E-state index contributed by atoms with van der Waals surface area (Å²) in [5, 5.41) is 11.6. The van der Waals surface area contributed by atoms with Crippen LogP contribution in [0.1, 0.15) is 61.1 Å². The molecule has 4 rings (SSSR count). The van der Waals surface area contributed by atoms with Crippen molar-refractivity contribution in [3.8, 4) is 0 Å². The van der Waals surface area contributed by atoms with Crippen LogP contribution < -0.4 is 5.32 Å². The lowest BCUT2D eigenvalue weighted by Crippen LogP contribution is -2.41. The molecule has 2 aliphatic heterocycles. The molecular formula is C20H27F3N6O. The maximum absolute atomic E-state index is 13.7. The summed E-state index contributed by atoms with van der Waals surface area (Å²) in [7, 11) is 1.76. The molecule has 0 bridgehead atoms. The van der Waals surface area contributed by atoms with Gasteiger partial charge >= 0.3 is 6.18 Å². The average molecular weight is 424 g/mol. The maximum Gasteiger partial charge on any atom is 0.410 e. The Morgan fingerprint density at radius 3 is 2.53 bits per heavy atom. The van der Waals surface area contributed by atoms with Crippen LogP contribution in [-0.2, 0) is 7.05 Å². The van der Waals surface area contributed by atoms with Crippen molar-refractivity contribution in [1.29, 1.82) is 0 Å². The second-order valence-electron chi connectivity index (χ2n) is 8.66. The largest absolute Gasteiger partial charge is 0.410 e. The third kappa shape index (κ3) is 3.91. The number of aryl methyl sites for hydroxylation is 1. The number of hydrogen-bond donors (Lipinski definition) is 1. The fourth-order valence-electron chi connectivity index (χ4n) is 4.35. The van der Waals surface area contributed by atoms with Crippen LogP contribution >= 0.6 is 0 Å². The van der Waals surface area contributed by atoms with Crippen LogP contribution in [0.5, 0.6) is 0 Å². The molecule has 30 heavy (non-hydrogen) atoms. The van der Waals surface area contributed by atoms with Crippen LogP contribution in [0.15, 0.2) is 18.5 Å². The second-order valence-corrected chi connectivity index (χ2v) is 8.66. The van der Waals surface area contributed by atoms with E-state index in [1.54, 1.807) is 35.1 Å². The number of carbonyl (C=O) groups excluding carboxylic acids is 1. The quantitative estimate of drug-likeness (QED) is 0.818. The van der Waals surface area contributed by atoms with E-state index in [1.165, 1.54) is 0 Å². The van der Waals surface area contributed by atoms with E-state index in [4.69, 9.17) is 0 Å². The number of fused-ring (bicyclic) bond motifs is 1. The third-order valence-corrected chi connectivity index (χ3v) is 6.20. The molecule has 0 saturated carbocycles. The molecule has 1 amide bonds. The van der Waals surface area contributed by atoms with Crippen LogP contribution in [-0.4, -0.2) is 55.7 Å². The van der Waals surface area contributed by atoms with Gasteiger partial charge in [0.15, 0.2) is 6.04 Å². The van der Waals surface area contributed by atoms with Gasteiger partial charge in [0.25, 0.3) is 5.91 Å². The van der Waals surface area contributed by atoms with Crippen LogP contribution in [0.3, 0.4) is 0 Å². The van der Waals surface area contributed by atoms with Gasteiger partial charge in [0.1, 0.15) is 5.82 Å². The molecular weight excluding hydrogens is 397 g/mol. The Labute approximate surface area is 173 Å². The summed E-state index contributed by atoms with van der Waals surface area (Å²) < 4.78 is 43.7. The predicted octanol–water partition coefficient (Wildman–Crippen LogP) is 3.58. The lowest BCUT2D eigenvalue weighted by molar-refractivity contribution is -0.174. The summed E-state index contributed by atoms with van der Waals surface area (Å²) >= 11 is 0. The standard InChI is InChI=1S/C20H27F3N6O/c1-12(2)15-8-17(20(21,22)23)29-18(25-15)9-16(26-29)13-4-6-28(7-5-13)19(30)14-10-24-27(3)11-14/h9-13,15,17,25H,4-8H2,1-3H3/t15-,17+/m0/s1. The lowest BCUT2D eigenvalue weighted by atomic mass is 9.93.